The van der Waals surface area contributed by atoms with Crippen molar-refractivity contribution >= 4 is 9.84 Å². The number of aryl methyl sites for hydroxylation is 2. The lowest BCUT2D eigenvalue weighted by Gasteiger charge is -2.03. The van der Waals surface area contributed by atoms with Gasteiger partial charge in [0.25, 0.3) is 0 Å². The standard InChI is InChI=1S/C9H11N5O2S/c1-7-3-4-10-9(5-7)17(15,16)6-8-11-12-13-14(8)2/h3-5H,6H2,1-2H3. The van der Waals surface area contributed by atoms with Gasteiger partial charge >= 0.3 is 0 Å². The maximum atomic E-state index is 12.0. The van der Waals surface area contributed by atoms with Crippen molar-refractivity contribution in [1.29, 1.82) is 0 Å². The van der Waals surface area contributed by atoms with Gasteiger partial charge in [0.15, 0.2) is 10.9 Å². The second-order valence-electron chi connectivity index (χ2n) is 3.65. The summed E-state index contributed by atoms with van der Waals surface area (Å²) in [6.45, 7) is 1.81. The molecule has 0 saturated carbocycles. The van der Waals surface area contributed by atoms with Crippen LogP contribution in [0.5, 0.6) is 0 Å². The molecule has 0 aliphatic heterocycles. The largest absolute Gasteiger partial charge is 0.245 e. The van der Waals surface area contributed by atoms with Crippen LogP contribution in [-0.4, -0.2) is 33.6 Å². The Bertz CT molecular complexity index is 634. The molecule has 2 aromatic heterocycles. The van der Waals surface area contributed by atoms with E-state index in [1.54, 1.807) is 13.1 Å². The Morgan fingerprint density at radius 2 is 2.18 bits per heavy atom. The van der Waals surface area contributed by atoms with E-state index in [0.29, 0.717) is 0 Å². The summed E-state index contributed by atoms with van der Waals surface area (Å²) in [6.07, 6.45) is 1.47. The fourth-order valence-corrected chi connectivity index (χ4v) is 2.61. The van der Waals surface area contributed by atoms with Gasteiger partial charge in [-0.25, -0.2) is 18.1 Å². The number of aromatic nitrogens is 5. The van der Waals surface area contributed by atoms with Gasteiger partial charge in [0, 0.05) is 13.2 Å². The topological polar surface area (TPSA) is 90.6 Å². The molecule has 0 bridgehead atoms. The number of sulfone groups is 1. The van der Waals surface area contributed by atoms with E-state index in [0.717, 1.165) is 5.56 Å². The number of rotatable bonds is 3. The minimum absolute atomic E-state index is 0.0421. The molecule has 0 atom stereocenters. The van der Waals surface area contributed by atoms with E-state index in [1.165, 1.54) is 16.9 Å². The van der Waals surface area contributed by atoms with Crippen molar-refractivity contribution in [2.24, 2.45) is 7.05 Å². The van der Waals surface area contributed by atoms with Crippen molar-refractivity contribution in [3.8, 4) is 0 Å². The van der Waals surface area contributed by atoms with Crippen LogP contribution in [0.2, 0.25) is 0 Å². The lowest BCUT2D eigenvalue weighted by atomic mass is 10.3. The average molecular weight is 253 g/mol. The third-order valence-corrected chi connectivity index (χ3v) is 3.73. The van der Waals surface area contributed by atoms with Crippen molar-refractivity contribution in [1.82, 2.24) is 25.2 Å². The zero-order valence-corrected chi connectivity index (χ0v) is 10.2. The Balaban J connectivity index is 2.35. The minimum Gasteiger partial charge on any atom is -0.245 e. The van der Waals surface area contributed by atoms with Crippen LogP contribution >= 0.6 is 0 Å². The first-order valence-electron chi connectivity index (χ1n) is 4.86. The van der Waals surface area contributed by atoms with Gasteiger partial charge < -0.3 is 0 Å². The van der Waals surface area contributed by atoms with Crippen molar-refractivity contribution in [2.75, 3.05) is 0 Å². The van der Waals surface area contributed by atoms with Crippen LogP contribution in [0, 0.1) is 6.92 Å². The summed E-state index contributed by atoms with van der Waals surface area (Å²) in [4.78, 5) is 3.86. The van der Waals surface area contributed by atoms with Gasteiger partial charge in [0.05, 0.1) is 0 Å². The Labute approximate surface area is 98.4 Å². The molecule has 90 valence electrons. The zero-order chi connectivity index (χ0) is 12.5. The van der Waals surface area contributed by atoms with E-state index in [-0.39, 0.29) is 16.6 Å². The molecule has 0 amide bonds. The molecule has 0 aliphatic rings. The van der Waals surface area contributed by atoms with Crippen LogP contribution in [0.15, 0.2) is 23.4 Å². The van der Waals surface area contributed by atoms with Crippen LogP contribution in [0.1, 0.15) is 11.4 Å². The molecule has 0 spiro atoms. The van der Waals surface area contributed by atoms with Gasteiger partial charge in [-0.1, -0.05) is 0 Å². The first-order chi connectivity index (χ1) is 7.99. The Kier molecular flexibility index (Phi) is 2.88. The normalized spacial score (nSPS) is 11.6. The average Bonchev–Trinajstić information content (AvgIpc) is 2.64. The minimum atomic E-state index is -3.50. The molecule has 2 rings (SSSR count). The Morgan fingerprint density at radius 3 is 2.76 bits per heavy atom. The Hall–Kier alpha value is -1.83. The highest BCUT2D eigenvalue weighted by atomic mass is 32.2. The van der Waals surface area contributed by atoms with E-state index in [9.17, 15) is 8.42 Å². The van der Waals surface area contributed by atoms with Crippen LogP contribution in [0.25, 0.3) is 0 Å². The third kappa shape index (κ3) is 2.47. The number of pyridine rings is 1. The molecule has 0 saturated heterocycles. The summed E-state index contributed by atoms with van der Waals surface area (Å²) in [6, 6.07) is 3.27. The smallest absolute Gasteiger partial charge is 0.202 e. The van der Waals surface area contributed by atoms with Gasteiger partial charge in [-0.15, -0.1) is 5.10 Å². The van der Waals surface area contributed by atoms with Gasteiger partial charge in [-0.05, 0) is 35.0 Å². The van der Waals surface area contributed by atoms with E-state index < -0.39 is 9.84 Å². The molecule has 0 N–H and O–H groups in total. The highest BCUT2D eigenvalue weighted by Gasteiger charge is 2.20. The number of hydrogen-bond acceptors (Lipinski definition) is 6. The molecule has 2 heterocycles. The number of tetrazole rings is 1. The molecule has 0 aromatic carbocycles. The highest BCUT2D eigenvalue weighted by Crippen LogP contribution is 2.13. The molecule has 2 aromatic rings. The second kappa shape index (κ2) is 4.21. The van der Waals surface area contributed by atoms with Crippen LogP contribution in [0.3, 0.4) is 0 Å². The van der Waals surface area contributed by atoms with Crippen LogP contribution in [-0.2, 0) is 22.6 Å². The summed E-state index contributed by atoms with van der Waals surface area (Å²) in [5.74, 6) is 0.0285. The molecule has 7 nitrogen and oxygen atoms in total. The highest BCUT2D eigenvalue weighted by molar-refractivity contribution is 7.90. The summed E-state index contributed by atoms with van der Waals surface area (Å²) < 4.78 is 25.4. The van der Waals surface area contributed by atoms with Gasteiger partial charge in [-0.3, -0.25) is 0 Å². The van der Waals surface area contributed by atoms with Crippen molar-refractivity contribution in [3.63, 3.8) is 0 Å². The predicted molar refractivity (Wildman–Crippen MR) is 58.7 cm³/mol. The fraction of sp³-hybridized carbons (Fsp3) is 0.333. The van der Waals surface area contributed by atoms with Crippen LogP contribution < -0.4 is 0 Å². The first-order valence-corrected chi connectivity index (χ1v) is 6.51. The van der Waals surface area contributed by atoms with Gasteiger partial charge in [0.1, 0.15) is 5.75 Å². The van der Waals surface area contributed by atoms with Crippen molar-refractivity contribution in [3.05, 3.63) is 29.7 Å². The molecule has 0 fully saturated rings. The van der Waals surface area contributed by atoms with E-state index in [2.05, 4.69) is 20.5 Å². The quantitative estimate of drug-likeness (QED) is 0.758. The SMILES string of the molecule is Cc1ccnc(S(=O)(=O)Cc2nnnn2C)c1. The lowest BCUT2D eigenvalue weighted by molar-refractivity contribution is 0.586. The molecule has 8 heteroatoms. The van der Waals surface area contributed by atoms with Crippen molar-refractivity contribution < 1.29 is 8.42 Å². The maximum absolute atomic E-state index is 12.0. The van der Waals surface area contributed by atoms with E-state index in [1.807, 2.05) is 6.92 Å². The maximum Gasteiger partial charge on any atom is 0.202 e. The van der Waals surface area contributed by atoms with Gasteiger partial charge in [-0.2, -0.15) is 0 Å². The predicted octanol–water partition coefficient (Wildman–Crippen LogP) is -0.113. The summed E-state index contributed by atoms with van der Waals surface area (Å²) in [7, 11) is -1.91. The summed E-state index contributed by atoms with van der Waals surface area (Å²) in [5.41, 5.74) is 0.842. The van der Waals surface area contributed by atoms with E-state index in [4.69, 9.17) is 0 Å². The molecular weight excluding hydrogens is 242 g/mol. The first kappa shape index (κ1) is 11.6. The fourth-order valence-electron chi connectivity index (χ4n) is 1.29. The third-order valence-electron chi connectivity index (χ3n) is 2.24. The lowest BCUT2D eigenvalue weighted by Crippen LogP contribution is -2.11. The molecule has 0 unspecified atom stereocenters. The molecule has 0 aliphatic carbocycles. The van der Waals surface area contributed by atoms with E-state index >= 15 is 0 Å². The number of nitrogens with zero attached hydrogens (tertiary/aromatic N) is 5. The number of hydrogen-bond donors (Lipinski definition) is 0. The van der Waals surface area contributed by atoms with Gasteiger partial charge in [0.2, 0.25) is 9.84 Å². The summed E-state index contributed by atoms with van der Waals surface area (Å²) >= 11 is 0. The second-order valence-corrected chi connectivity index (χ2v) is 5.59. The van der Waals surface area contributed by atoms with Crippen LogP contribution in [0.4, 0.5) is 0 Å². The zero-order valence-electron chi connectivity index (χ0n) is 9.40. The molecule has 0 radical (unpaired) electrons. The molecule has 17 heavy (non-hydrogen) atoms. The monoisotopic (exact) mass is 253 g/mol. The van der Waals surface area contributed by atoms with Crippen molar-refractivity contribution in [2.45, 2.75) is 17.7 Å². The summed E-state index contributed by atoms with van der Waals surface area (Å²) in [5, 5.41) is 10.7. The molecular formula is C9H11N5O2S. The Morgan fingerprint density at radius 1 is 1.41 bits per heavy atom.